The van der Waals surface area contributed by atoms with Gasteiger partial charge in [0.2, 0.25) is 12.7 Å². The normalized spacial score (nSPS) is 15.3. The third-order valence-corrected chi connectivity index (χ3v) is 6.19. The first-order valence-corrected chi connectivity index (χ1v) is 11.1. The monoisotopic (exact) mass is 464 g/mol. The molecule has 1 N–H and O–H groups in total. The Morgan fingerprint density at radius 1 is 1.12 bits per heavy atom. The number of ether oxygens (including phenoxy) is 2. The van der Waals surface area contributed by atoms with Crippen LogP contribution in [0.4, 0.5) is 15.8 Å². The Kier molecular flexibility index (Phi) is 5.92. The molecular formula is C26H22ClFN2O3. The molecule has 7 heteroatoms. The molecule has 0 spiro atoms. The second kappa shape index (κ2) is 9.16. The molecule has 3 aromatic rings. The highest BCUT2D eigenvalue weighted by Gasteiger charge is 2.34. The number of nitrogens with one attached hydrogen (secondary N) is 1. The van der Waals surface area contributed by atoms with E-state index < -0.39 is 0 Å². The number of hydrogen-bond acceptors (Lipinski definition) is 4. The molecule has 0 bridgehead atoms. The molecule has 1 amide bonds. The van der Waals surface area contributed by atoms with Crippen LogP contribution in [-0.2, 0) is 27.1 Å². The Balaban J connectivity index is 1.36. The van der Waals surface area contributed by atoms with Crippen molar-refractivity contribution in [1.29, 1.82) is 0 Å². The Hall–Kier alpha value is -3.51. The van der Waals surface area contributed by atoms with Crippen LogP contribution in [0.25, 0.3) is 0 Å². The van der Waals surface area contributed by atoms with Gasteiger partial charge in [-0.05, 0) is 53.9 Å². The number of carbonyl (C=O) groups is 1. The van der Waals surface area contributed by atoms with Crippen molar-refractivity contribution in [3.63, 3.8) is 0 Å². The minimum atomic E-state index is -0.317. The smallest absolute Gasteiger partial charge is 0.229 e. The van der Waals surface area contributed by atoms with Crippen molar-refractivity contribution in [2.45, 2.75) is 18.9 Å². The van der Waals surface area contributed by atoms with Gasteiger partial charge < -0.3 is 19.7 Å². The summed E-state index contributed by atoms with van der Waals surface area (Å²) in [5, 5.41) is 3.61. The van der Waals surface area contributed by atoms with Crippen molar-refractivity contribution < 1.29 is 18.7 Å². The number of benzene rings is 3. The van der Waals surface area contributed by atoms with Gasteiger partial charge in [0, 0.05) is 28.5 Å². The van der Waals surface area contributed by atoms with Gasteiger partial charge in [0.25, 0.3) is 0 Å². The number of nitrogens with zero attached hydrogens (tertiary/aromatic N) is 1. The van der Waals surface area contributed by atoms with Gasteiger partial charge in [-0.2, -0.15) is 0 Å². The Labute approximate surface area is 196 Å². The van der Waals surface area contributed by atoms with E-state index in [2.05, 4.69) is 10.2 Å². The molecule has 1 atom stereocenters. The Morgan fingerprint density at radius 3 is 2.70 bits per heavy atom. The number of amides is 1. The number of rotatable bonds is 6. The molecule has 0 saturated carbocycles. The number of hydrogen-bond donors (Lipinski definition) is 1. The summed E-state index contributed by atoms with van der Waals surface area (Å²) in [6.45, 7) is 0.967. The summed E-state index contributed by atoms with van der Waals surface area (Å²) in [7, 11) is 0. The third-order valence-electron chi connectivity index (χ3n) is 5.85. The minimum absolute atomic E-state index is 0.146. The lowest BCUT2D eigenvalue weighted by Crippen LogP contribution is -2.29. The van der Waals surface area contributed by atoms with Crippen LogP contribution in [0.1, 0.15) is 22.7 Å². The standard InChI is InChI=1S/C26H22ClFN2O3/c27-22-4-2-1-3-21(22)26(24-15-32-16-33-24)30-12-11-18-14-20(9-10-23(18)30)29-25(31)13-17-5-7-19(28)8-6-17/h1-10,14-15,26H,11-13,16H2,(H,29,31). The highest BCUT2D eigenvalue weighted by atomic mass is 35.5. The van der Waals surface area contributed by atoms with Crippen molar-refractivity contribution in [3.8, 4) is 0 Å². The molecule has 168 valence electrons. The molecule has 0 aromatic heterocycles. The van der Waals surface area contributed by atoms with E-state index in [9.17, 15) is 9.18 Å². The highest BCUT2D eigenvalue weighted by Crippen LogP contribution is 2.42. The molecule has 33 heavy (non-hydrogen) atoms. The molecule has 0 saturated heterocycles. The summed E-state index contributed by atoms with van der Waals surface area (Å²) >= 11 is 6.54. The van der Waals surface area contributed by atoms with Crippen LogP contribution >= 0.6 is 11.6 Å². The number of anilines is 2. The van der Waals surface area contributed by atoms with Gasteiger partial charge in [0.1, 0.15) is 18.1 Å². The summed E-state index contributed by atoms with van der Waals surface area (Å²) in [5.41, 5.74) is 4.63. The molecule has 0 radical (unpaired) electrons. The Morgan fingerprint density at radius 2 is 1.94 bits per heavy atom. The van der Waals surface area contributed by atoms with Gasteiger partial charge in [-0.15, -0.1) is 0 Å². The molecule has 5 rings (SSSR count). The minimum Gasteiger partial charge on any atom is -0.462 e. The van der Waals surface area contributed by atoms with Crippen molar-refractivity contribution >= 4 is 28.9 Å². The predicted octanol–water partition coefficient (Wildman–Crippen LogP) is 5.61. The largest absolute Gasteiger partial charge is 0.462 e. The van der Waals surface area contributed by atoms with Gasteiger partial charge in [-0.1, -0.05) is 41.9 Å². The molecule has 2 aliphatic rings. The summed E-state index contributed by atoms with van der Waals surface area (Å²) in [5.74, 6) is 0.252. The van der Waals surface area contributed by atoms with Crippen LogP contribution in [0.5, 0.6) is 0 Å². The first-order chi connectivity index (χ1) is 16.1. The summed E-state index contributed by atoms with van der Waals surface area (Å²) in [6.07, 6.45) is 2.66. The maximum atomic E-state index is 13.1. The zero-order valence-corrected chi connectivity index (χ0v) is 18.5. The lowest BCUT2D eigenvalue weighted by molar-refractivity contribution is -0.115. The van der Waals surface area contributed by atoms with E-state index in [0.717, 1.165) is 41.0 Å². The zero-order valence-electron chi connectivity index (χ0n) is 17.8. The number of carbonyl (C=O) groups excluding carboxylic acids is 1. The second-order valence-corrected chi connectivity index (χ2v) is 8.42. The van der Waals surface area contributed by atoms with E-state index in [1.54, 1.807) is 18.4 Å². The van der Waals surface area contributed by atoms with Crippen LogP contribution in [-0.4, -0.2) is 19.2 Å². The van der Waals surface area contributed by atoms with E-state index in [-0.39, 0.29) is 31.0 Å². The highest BCUT2D eigenvalue weighted by molar-refractivity contribution is 6.31. The van der Waals surface area contributed by atoms with Crippen molar-refractivity contribution in [3.05, 3.63) is 106 Å². The van der Waals surface area contributed by atoms with E-state index in [1.165, 1.54) is 12.1 Å². The molecular weight excluding hydrogens is 443 g/mol. The van der Waals surface area contributed by atoms with Crippen molar-refractivity contribution in [1.82, 2.24) is 0 Å². The molecule has 0 aliphatic carbocycles. The van der Waals surface area contributed by atoms with Crippen LogP contribution in [0.15, 0.2) is 78.8 Å². The fourth-order valence-corrected chi connectivity index (χ4v) is 4.57. The molecule has 5 nitrogen and oxygen atoms in total. The lowest BCUT2D eigenvalue weighted by Gasteiger charge is -2.31. The Bertz CT molecular complexity index is 1210. The molecule has 2 aliphatic heterocycles. The van der Waals surface area contributed by atoms with Gasteiger partial charge in [-0.3, -0.25) is 4.79 Å². The maximum absolute atomic E-state index is 13.1. The average molecular weight is 465 g/mol. The SMILES string of the molecule is O=C(Cc1ccc(F)cc1)Nc1ccc2c(c1)CCN2C(C1=COCO1)c1ccccc1Cl. The van der Waals surface area contributed by atoms with E-state index in [1.807, 2.05) is 42.5 Å². The number of fused-ring (bicyclic) bond motifs is 1. The maximum Gasteiger partial charge on any atom is 0.229 e. The van der Waals surface area contributed by atoms with Crippen molar-refractivity contribution in [2.24, 2.45) is 0 Å². The van der Waals surface area contributed by atoms with Crippen LogP contribution < -0.4 is 10.2 Å². The first kappa shape index (κ1) is 21.3. The first-order valence-electron chi connectivity index (χ1n) is 10.7. The fraction of sp³-hybridized carbons (Fsp3) is 0.192. The van der Waals surface area contributed by atoms with Crippen LogP contribution in [0, 0.1) is 5.82 Å². The van der Waals surface area contributed by atoms with Gasteiger partial charge in [0.05, 0.1) is 6.42 Å². The second-order valence-electron chi connectivity index (χ2n) is 8.01. The number of halogens is 2. The topological polar surface area (TPSA) is 50.8 Å². The zero-order chi connectivity index (χ0) is 22.8. The lowest BCUT2D eigenvalue weighted by atomic mass is 10.0. The molecule has 2 heterocycles. The summed E-state index contributed by atoms with van der Waals surface area (Å²) in [4.78, 5) is 14.7. The average Bonchev–Trinajstić information content (AvgIpc) is 3.48. The molecule has 1 unspecified atom stereocenters. The third kappa shape index (κ3) is 4.52. The summed E-state index contributed by atoms with van der Waals surface area (Å²) < 4.78 is 24.2. The predicted molar refractivity (Wildman–Crippen MR) is 126 cm³/mol. The van der Waals surface area contributed by atoms with Crippen molar-refractivity contribution in [2.75, 3.05) is 23.6 Å². The van der Waals surface area contributed by atoms with E-state index >= 15 is 0 Å². The van der Waals surface area contributed by atoms with Gasteiger partial charge >= 0.3 is 0 Å². The van der Waals surface area contributed by atoms with Crippen LogP contribution in [0.3, 0.4) is 0 Å². The van der Waals surface area contributed by atoms with Gasteiger partial charge in [-0.25, -0.2) is 4.39 Å². The fourth-order valence-electron chi connectivity index (χ4n) is 4.33. The van der Waals surface area contributed by atoms with E-state index in [4.69, 9.17) is 21.1 Å². The molecule has 3 aromatic carbocycles. The van der Waals surface area contributed by atoms with E-state index in [0.29, 0.717) is 10.8 Å². The summed E-state index contributed by atoms with van der Waals surface area (Å²) in [6, 6.07) is 19.4. The van der Waals surface area contributed by atoms with Crippen LogP contribution in [0.2, 0.25) is 5.02 Å². The van der Waals surface area contributed by atoms with Gasteiger partial charge in [0.15, 0.2) is 5.76 Å². The molecule has 0 fully saturated rings. The quantitative estimate of drug-likeness (QED) is 0.515.